The molecule has 27 heavy (non-hydrogen) atoms. The highest BCUT2D eigenvalue weighted by atomic mass is 35.5. The molecule has 1 aromatic carbocycles. The van der Waals surface area contributed by atoms with E-state index in [0.29, 0.717) is 22.4 Å². The predicted octanol–water partition coefficient (Wildman–Crippen LogP) is 2.44. The van der Waals surface area contributed by atoms with Gasteiger partial charge in [0.25, 0.3) is 0 Å². The molecule has 9 heteroatoms. The van der Waals surface area contributed by atoms with E-state index in [1.54, 1.807) is 12.1 Å². The Morgan fingerprint density at radius 2 is 1.85 bits per heavy atom. The summed E-state index contributed by atoms with van der Waals surface area (Å²) >= 11 is 5.89. The summed E-state index contributed by atoms with van der Waals surface area (Å²) < 4.78 is 5.71. The second-order valence-electron chi connectivity index (χ2n) is 6.29. The summed E-state index contributed by atoms with van der Waals surface area (Å²) in [7, 11) is 0. The topological polar surface area (TPSA) is 110 Å². The number of carbonyl (C=O) groups is 2. The quantitative estimate of drug-likeness (QED) is 0.644. The molecule has 2 rings (SSSR count). The van der Waals surface area contributed by atoms with Crippen molar-refractivity contribution in [1.29, 1.82) is 0 Å². The fourth-order valence-electron chi connectivity index (χ4n) is 2.22. The molecule has 1 atom stereocenters. The molecule has 7 nitrogen and oxygen atoms in total. The van der Waals surface area contributed by atoms with Crippen LogP contribution in [0, 0.1) is 12.8 Å². The van der Waals surface area contributed by atoms with Crippen molar-refractivity contribution >= 4 is 35.8 Å². The smallest absolute Gasteiger partial charge is 0.239 e. The zero-order chi connectivity index (χ0) is 19.3. The standard InChI is InChI=1S/C18H23ClN4O3.ClH/c1-10(2)16(20)18(25)22-8-14(24)21-9-15-23-11(3)17(26-15)12-4-6-13(19)7-5-12;/h4-7,10,16H,8-9,20H2,1-3H3,(H,21,24)(H,22,25);1H/t16-;/m0./s1. The van der Waals surface area contributed by atoms with Gasteiger partial charge in [0.15, 0.2) is 5.76 Å². The van der Waals surface area contributed by atoms with Crippen LogP contribution in [-0.2, 0) is 16.1 Å². The van der Waals surface area contributed by atoms with Crippen LogP contribution < -0.4 is 16.4 Å². The minimum Gasteiger partial charge on any atom is -0.438 e. The molecular formula is C18H24Cl2N4O3. The monoisotopic (exact) mass is 414 g/mol. The van der Waals surface area contributed by atoms with Gasteiger partial charge in [0.2, 0.25) is 17.7 Å². The fraction of sp³-hybridized carbons (Fsp3) is 0.389. The number of hydrogen-bond donors (Lipinski definition) is 3. The Kier molecular flexibility index (Phi) is 8.75. The van der Waals surface area contributed by atoms with E-state index in [4.69, 9.17) is 21.8 Å². The number of benzene rings is 1. The molecule has 2 amide bonds. The van der Waals surface area contributed by atoms with Gasteiger partial charge in [0.1, 0.15) is 0 Å². The van der Waals surface area contributed by atoms with Crippen molar-refractivity contribution < 1.29 is 14.0 Å². The zero-order valence-corrected chi connectivity index (χ0v) is 17.0. The van der Waals surface area contributed by atoms with Crippen molar-refractivity contribution in [1.82, 2.24) is 15.6 Å². The van der Waals surface area contributed by atoms with Crippen molar-refractivity contribution in [3.63, 3.8) is 0 Å². The first kappa shape index (κ1) is 23.0. The predicted molar refractivity (Wildman–Crippen MR) is 107 cm³/mol. The van der Waals surface area contributed by atoms with Gasteiger partial charge in [-0.25, -0.2) is 4.98 Å². The highest BCUT2D eigenvalue weighted by molar-refractivity contribution is 6.30. The lowest BCUT2D eigenvalue weighted by molar-refractivity contribution is -0.127. The zero-order valence-electron chi connectivity index (χ0n) is 15.4. The molecule has 1 heterocycles. The lowest BCUT2D eigenvalue weighted by atomic mass is 10.1. The van der Waals surface area contributed by atoms with E-state index in [-0.39, 0.29) is 43.2 Å². The molecule has 1 aromatic heterocycles. The number of aromatic nitrogens is 1. The summed E-state index contributed by atoms with van der Waals surface area (Å²) in [6.45, 7) is 5.48. The number of carbonyl (C=O) groups excluding carboxylic acids is 2. The molecule has 0 fully saturated rings. The molecule has 148 valence electrons. The molecule has 0 saturated carbocycles. The molecule has 0 aliphatic heterocycles. The molecular weight excluding hydrogens is 391 g/mol. The molecule has 0 bridgehead atoms. The second kappa shape index (κ2) is 10.3. The number of halogens is 2. The Labute approximate surface area is 169 Å². The molecule has 0 radical (unpaired) electrons. The number of hydrogen-bond acceptors (Lipinski definition) is 5. The second-order valence-corrected chi connectivity index (χ2v) is 6.73. The van der Waals surface area contributed by atoms with Crippen LogP contribution in [0.3, 0.4) is 0 Å². The lowest BCUT2D eigenvalue weighted by Gasteiger charge is -2.14. The Bertz CT molecular complexity index is 775. The Morgan fingerprint density at radius 1 is 1.22 bits per heavy atom. The third-order valence-corrected chi connectivity index (χ3v) is 4.08. The van der Waals surface area contributed by atoms with Gasteiger partial charge in [-0.15, -0.1) is 12.4 Å². The molecule has 2 aromatic rings. The highest BCUT2D eigenvalue weighted by Gasteiger charge is 2.18. The van der Waals surface area contributed by atoms with Crippen molar-refractivity contribution in [2.24, 2.45) is 11.7 Å². The normalized spacial score (nSPS) is 11.6. The highest BCUT2D eigenvalue weighted by Crippen LogP contribution is 2.25. The molecule has 0 spiro atoms. The SMILES string of the molecule is Cc1nc(CNC(=O)CNC(=O)[C@@H](N)C(C)C)oc1-c1ccc(Cl)cc1.Cl. The minimum absolute atomic E-state index is 0. The van der Waals surface area contributed by atoms with Crippen LogP contribution in [-0.4, -0.2) is 29.4 Å². The van der Waals surface area contributed by atoms with Crippen LogP contribution in [0.5, 0.6) is 0 Å². The van der Waals surface area contributed by atoms with Gasteiger partial charge in [-0.2, -0.15) is 0 Å². The third-order valence-electron chi connectivity index (χ3n) is 3.83. The van der Waals surface area contributed by atoms with Crippen LogP contribution in [0.4, 0.5) is 0 Å². The first-order chi connectivity index (χ1) is 12.3. The van der Waals surface area contributed by atoms with Crippen LogP contribution >= 0.6 is 24.0 Å². The molecule has 4 N–H and O–H groups in total. The number of nitrogens with zero attached hydrogens (tertiary/aromatic N) is 1. The van der Waals surface area contributed by atoms with E-state index < -0.39 is 6.04 Å². The molecule has 0 aliphatic rings. The summed E-state index contributed by atoms with van der Waals surface area (Å²) in [6, 6.07) is 6.58. The third kappa shape index (κ3) is 6.53. The van der Waals surface area contributed by atoms with E-state index in [0.717, 1.165) is 5.56 Å². The summed E-state index contributed by atoms with van der Waals surface area (Å²) in [6.07, 6.45) is 0. The molecule has 0 aliphatic carbocycles. The lowest BCUT2D eigenvalue weighted by Crippen LogP contribution is -2.47. The van der Waals surface area contributed by atoms with Crippen molar-refractivity contribution in [3.8, 4) is 11.3 Å². The molecule has 0 unspecified atom stereocenters. The largest absolute Gasteiger partial charge is 0.438 e. The maximum atomic E-state index is 11.9. The summed E-state index contributed by atoms with van der Waals surface area (Å²) in [5, 5.41) is 5.80. The van der Waals surface area contributed by atoms with E-state index >= 15 is 0 Å². The Balaban J connectivity index is 0.00000364. The van der Waals surface area contributed by atoms with Crippen LogP contribution in [0.1, 0.15) is 25.4 Å². The van der Waals surface area contributed by atoms with Crippen molar-refractivity contribution in [2.75, 3.05) is 6.54 Å². The van der Waals surface area contributed by atoms with E-state index in [2.05, 4.69) is 15.6 Å². The molecule has 0 saturated heterocycles. The van der Waals surface area contributed by atoms with Crippen LogP contribution in [0.15, 0.2) is 28.7 Å². The summed E-state index contributed by atoms with van der Waals surface area (Å²) in [4.78, 5) is 27.9. The summed E-state index contributed by atoms with van der Waals surface area (Å²) in [5.74, 6) is 0.304. The number of nitrogens with one attached hydrogen (secondary N) is 2. The number of oxazole rings is 1. The van der Waals surface area contributed by atoms with Gasteiger partial charge in [0, 0.05) is 10.6 Å². The number of amides is 2. The Morgan fingerprint density at radius 3 is 2.44 bits per heavy atom. The Hall–Kier alpha value is -2.09. The van der Waals surface area contributed by atoms with Gasteiger partial charge >= 0.3 is 0 Å². The van der Waals surface area contributed by atoms with Gasteiger partial charge in [-0.3, -0.25) is 9.59 Å². The maximum Gasteiger partial charge on any atom is 0.239 e. The number of rotatable bonds is 7. The average Bonchev–Trinajstić information content (AvgIpc) is 2.98. The average molecular weight is 415 g/mol. The van der Waals surface area contributed by atoms with Gasteiger partial charge in [0.05, 0.1) is 24.8 Å². The first-order valence-electron chi connectivity index (χ1n) is 8.30. The first-order valence-corrected chi connectivity index (χ1v) is 8.68. The van der Waals surface area contributed by atoms with Gasteiger partial charge in [-0.1, -0.05) is 25.4 Å². The van der Waals surface area contributed by atoms with Crippen LogP contribution in [0.2, 0.25) is 5.02 Å². The maximum absolute atomic E-state index is 11.9. The summed E-state index contributed by atoms with van der Waals surface area (Å²) in [5.41, 5.74) is 7.29. The van der Waals surface area contributed by atoms with E-state index in [1.807, 2.05) is 32.9 Å². The number of aryl methyl sites for hydroxylation is 1. The van der Waals surface area contributed by atoms with Crippen LogP contribution in [0.25, 0.3) is 11.3 Å². The van der Waals surface area contributed by atoms with E-state index in [1.165, 1.54) is 0 Å². The van der Waals surface area contributed by atoms with Gasteiger partial charge in [-0.05, 0) is 37.1 Å². The van der Waals surface area contributed by atoms with E-state index in [9.17, 15) is 9.59 Å². The van der Waals surface area contributed by atoms with Crippen molar-refractivity contribution in [2.45, 2.75) is 33.4 Å². The fourth-order valence-corrected chi connectivity index (χ4v) is 2.35. The van der Waals surface area contributed by atoms with Crippen molar-refractivity contribution in [3.05, 3.63) is 40.9 Å². The number of nitrogens with two attached hydrogens (primary N) is 1. The minimum atomic E-state index is -0.640. The van der Waals surface area contributed by atoms with Gasteiger partial charge < -0.3 is 20.8 Å².